The van der Waals surface area contributed by atoms with E-state index in [4.69, 9.17) is 4.74 Å². The van der Waals surface area contributed by atoms with E-state index in [2.05, 4.69) is 31.3 Å². The molecule has 6 heteroatoms. The predicted octanol–water partition coefficient (Wildman–Crippen LogP) is 23.7. The number of carbonyl (C=O) groups excluding carboxylic acids is 2. The van der Waals surface area contributed by atoms with Crippen LogP contribution in [0.1, 0.15) is 412 Å². The molecule has 0 aliphatic heterocycles. The average Bonchev–Trinajstić information content (AvgIpc) is 3.46. The van der Waals surface area contributed by atoms with Gasteiger partial charge >= 0.3 is 5.97 Å². The predicted molar refractivity (Wildman–Crippen MR) is 352 cm³/mol. The quantitative estimate of drug-likeness (QED) is 0.0320. The minimum absolute atomic E-state index is 0.0181. The van der Waals surface area contributed by atoms with Crippen molar-refractivity contribution in [2.45, 2.75) is 424 Å². The SMILES string of the molecule is CCCCCCCC/C=C\CCCCCCCCCCCC(=O)OCCCCCCCCCCCCCCCCCCCCCCCCCCCCCC(=O)NC(CO)C(O)/C=C/CCCCCCCCCCCCCCCCC. The van der Waals surface area contributed by atoms with Gasteiger partial charge in [0, 0.05) is 12.8 Å². The van der Waals surface area contributed by atoms with Crippen molar-refractivity contribution in [3.8, 4) is 0 Å². The van der Waals surface area contributed by atoms with Gasteiger partial charge in [0.1, 0.15) is 0 Å². The molecule has 0 heterocycles. The van der Waals surface area contributed by atoms with Gasteiger partial charge in [-0.25, -0.2) is 0 Å². The van der Waals surface area contributed by atoms with Crippen LogP contribution in [0.2, 0.25) is 0 Å². The van der Waals surface area contributed by atoms with Gasteiger partial charge < -0.3 is 20.3 Å². The third kappa shape index (κ3) is 65.5. The molecule has 1 amide bonds. The number of unbranched alkanes of at least 4 members (excludes halogenated alkanes) is 56. The van der Waals surface area contributed by atoms with Gasteiger partial charge in [0.2, 0.25) is 5.91 Å². The minimum atomic E-state index is -0.843. The lowest BCUT2D eigenvalue weighted by atomic mass is 10.0. The van der Waals surface area contributed by atoms with Crippen LogP contribution in [0.15, 0.2) is 24.3 Å². The lowest BCUT2D eigenvalue weighted by Gasteiger charge is -2.20. The number of allylic oxidation sites excluding steroid dienone is 3. The summed E-state index contributed by atoms with van der Waals surface area (Å²) in [6.07, 6.45) is 88.4. The summed E-state index contributed by atoms with van der Waals surface area (Å²) >= 11 is 0. The van der Waals surface area contributed by atoms with Gasteiger partial charge in [-0.15, -0.1) is 0 Å². The normalized spacial score (nSPS) is 12.6. The summed E-state index contributed by atoms with van der Waals surface area (Å²) in [6.45, 7) is 4.94. The molecule has 0 aromatic rings. The highest BCUT2D eigenvalue weighted by atomic mass is 16.5. The first-order valence-corrected chi connectivity index (χ1v) is 36.6. The van der Waals surface area contributed by atoms with E-state index in [1.54, 1.807) is 6.08 Å². The van der Waals surface area contributed by atoms with Crippen molar-refractivity contribution < 1.29 is 24.5 Å². The summed E-state index contributed by atoms with van der Waals surface area (Å²) < 4.78 is 5.51. The standard InChI is InChI=1S/C74H143NO5/c1-3-5-7-9-11-13-15-17-19-21-31-36-40-44-48-52-56-60-64-68-74(79)80-69-65-61-57-53-49-45-41-37-33-30-28-26-24-22-23-25-27-29-32-35-39-43-47-51-55-59-63-67-73(78)75-71(70-76)72(77)66-62-58-54-50-46-42-38-34-20-18-16-14-12-10-8-6-4-2/h17,19,62,66,71-72,76-77H,3-16,18,20-61,63-65,67-70H2,1-2H3,(H,75,78)/b19-17-,66-62+. The molecule has 0 saturated carbocycles. The van der Waals surface area contributed by atoms with E-state index in [0.717, 1.165) is 38.5 Å². The van der Waals surface area contributed by atoms with Gasteiger partial charge in [0.25, 0.3) is 0 Å². The van der Waals surface area contributed by atoms with Crippen LogP contribution in [-0.2, 0) is 14.3 Å². The summed E-state index contributed by atoms with van der Waals surface area (Å²) in [5.74, 6) is -0.0437. The fraction of sp³-hybridized carbons (Fsp3) is 0.919. The zero-order valence-corrected chi connectivity index (χ0v) is 54.3. The van der Waals surface area contributed by atoms with Crippen LogP contribution in [0.3, 0.4) is 0 Å². The Balaban J connectivity index is 3.35. The second-order valence-electron chi connectivity index (χ2n) is 25.3. The van der Waals surface area contributed by atoms with Crippen molar-refractivity contribution in [2.24, 2.45) is 0 Å². The van der Waals surface area contributed by atoms with Crippen molar-refractivity contribution in [2.75, 3.05) is 13.2 Å². The number of amides is 1. The van der Waals surface area contributed by atoms with Crippen molar-refractivity contribution >= 4 is 11.9 Å². The van der Waals surface area contributed by atoms with E-state index in [9.17, 15) is 19.8 Å². The Hall–Kier alpha value is -1.66. The number of carbonyl (C=O) groups is 2. The average molecular weight is 1130 g/mol. The Morgan fingerprint density at radius 1 is 0.338 bits per heavy atom. The van der Waals surface area contributed by atoms with Crippen LogP contribution in [0.25, 0.3) is 0 Å². The molecule has 0 aromatic heterocycles. The molecule has 3 N–H and O–H groups in total. The monoisotopic (exact) mass is 1130 g/mol. The topological polar surface area (TPSA) is 95.9 Å². The lowest BCUT2D eigenvalue weighted by molar-refractivity contribution is -0.143. The molecule has 2 unspecified atom stereocenters. The summed E-state index contributed by atoms with van der Waals surface area (Å²) in [4.78, 5) is 24.6. The Bertz CT molecular complexity index is 1250. The molecule has 0 rings (SSSR count). The molecule has 0 fully saturated rings. The van der Waals surface area contributed by atoms with Crippen LogP contribution in [0.5, 0.6) is 0 Å². The van der Waals surface area contributed by atoms with Crippen LogP contribution in [0, 0.1) is 0 Å². The molecule has 0 saturated heterocycles. The van der Waals surface area contributed by atoms with Gasteiger partial charge in [-0.05, 0) is 57.8 Å². The first kappa shape index (κ1) is 78.3. The molecular weight excluding hydrogens is 983 g/mol. The second kappa shape index (κ2) is 69.8. The highest BCUT2D eigenvalue weighted by Gasteiger charge is 2.18. The fourth-order valence-electron chi connectivity index (χ4n) is 11.6. The van der Waals surface area contributed by atoms with E-state index in [-0.39, 0.29) is 18.5 Å². The molecule has 474 valence electrons. The van der Waals surface area contributed by atoms with Crippen LogP contribution < -0.4 is 5.32 Å². The number of rotatable bonds is 69. The van der Waals surface area contributed by atoms with Crippen LogP contribution in [-0.4, -0.2) is 47.4 Å². The highest BCUT2D eigenvalue weighted by molar-refractivity contribution is 5.76. The second-order valence-corrected chi connectivity index (χ2v) is 25.3. The summed E-state index contributed by atoms with van der Waals surface area (Å²) in [5.41, 5.74) is 0. The molecule has 0 bridgehead atoms. The maximum absolute atomic E-state index is 12.5. The van der Waals surface area contributed by atoms with Gasteiger partial charge in [-0.1, -0.05) is 366 Å². The number of nitrogens with one attached hydrogen (secondary N) is 1. The molecule has 0 aliphatic rings. The molecule has 0 spiro atoms. The third-order valence-corrected chi connectivity index (χ3v) is 17.2. The molecule has 80 heavy (non-hydrogen) atoms. The van der Waals surface area contributed by atoms with Gasteiger partial charge in [-0.3, -0.25) is 9.59 Å². The fourth-order valence-corrected chi connectivity index (χ4v) is 11.6. The molecule has 0 aromatic carbocycles. The number of ether oxygens (including phenoxy) is 1. The lowest BCUT2D eigenvalue weighted by Crippen LogP contribution is -2.45. The number of aliphatic hydroxyl groups is 2. The Labute approximate surface area is 501 Å². The van der Waals surface area contributed by atoms with E-state index in [1.807, 2.05) is 6.08 Å². The van der Waals surface area contributed by atoms with E-state index < -0.39 is 12.1 Å². The van der Waals surface area contributed by atoms with Gasteiger partial charge in [0.05, 0.1) is 25.4 Å². The van der Waals surface area contributed by atoms with E-state index in [1.165, 1.54) is 347 Å². The summed E-state index contributed by atoms with van der Waals surface area (Å²) in [7, 11) is 0. The largest absolute Gasteiger partial charge is 0.466 e. The molecular formula is C74H143NO5. The van der Waals surface area contributed by atoms with E-state index in [0.29, 0.717) is 19.4 Å². The van der Waals surface area contributed by atoms with E-state index >= 15 is 0 Å². The smallest absolute Gasteiger partial charge is 0.305 e. The zero-order chi connectivity index (χ0) is 57.8. The number of esters is 1. The molecule has 2 atom stereocenters. The van der Waals surface area contributed by atoms with Gasteiger partial charge in [0.15, 0.2) is 0 Å². The zero-order valence-electron chi connectivity index (χ0n) is 54.3. The van der Waals surface area contributed by atoms with Crippen LogP contribution >= 0.6 is 0 Å². The number of hydrogen-bond acceptors (Lipinski definition) is 5. The van der Waals surface area contributed by atoms with Crippen molar-refractivity contribution in [1.82, 2.24) is 5.32 Å². The van der Waals surface area contributed by atoms with Crippen molar-refractivity contribution in [1.29, 1.82) is 0 Å². The van der Waals surface area contributed by atoms with Crippen molar-refractivity contribution in [3.63, 3.8) is 0 Å². The number of hydrogen-bond donors (Lipinski definition) is 3. The Morgan fingerprint density at radius 2 is 0.588 bits per heavy atom. The minimum Gasteiger partial charge on any atom is -0.466 e. The molecule has 6 nitrogen and oxygen atoms in total. The van der Waals surface area contributed by atoms with Crippen molar-refractivity contribution in [3.05, 3.63) is 24.3 Å². The summed E-state index contributed by atoms with van der Waals surface area (Å²) in [6, 6.07) is -0.626. The third-order valence-electron chi connectivity index (χ3n) is 17.2. The maximum atomic E-state index is 12.5. The first-order chi connectivity index (χ1) is 39.5. The Morgan fingerprint density at radius 3 is 0.887 bits per heavy atom. The maximum Gasteiger partial charge on any atom is 0.305 e. The summed E-state index contributed by atoms with van der Waals surface area (Å²) in [5, 5.41) is 23.2. The molecule has 0 aliphatic carbocycles. The molecule has 0 radical (unpaired) electrons. The van der Waals surface area contributed by atoms with Crippen LogP contribution in [0.4, 0.5) is 0 Å². The first-order valence-electron chi connectivity index (χ1n) is 36.6. The Kier molecular flexibility index (Phi) is 68.4. The number of aliphatic hydroxyl groups excluding tert-OH is 2. The van der Waals surface area contributed by atoms with Gasteiger partial charge in [-0.2, -0.15) is 0 Å². The highest BCUT2D eigenvalue weighted by Crippen LogP contribution is 2.19.